The highest BCUT2D eigenvalue weighted by atomic mass is 16.4. The van der Waals surface area contributed by atoms with E-state index in [1.807, 2.05) is 24.3 Å². The van der Waals surface area contributed by atoms with Crippen molar-refractivity contribution in [1.29, 1.82) is 0 Å². The van der Waals surface area contributed by atoms with Crippen molar-refractivity contribution in [3.8, 4) is 0 Å². The van der Waals surface area contributed by atoms with E-state index in [-0.39, 0.29) is 17.3 Å². The van der Waals surface area contributed by atoms with Crippen LogP contribution in [0.5, 0.6) is 0 Å². The topological polar surface area (TPSA) is 90.0 Å². The molecule has 0 aromatic heterocycles. The van der Waals surface area contributed by atoms with Crippen molar-refractivity contribution in [3.63, 3.8) is 0 Å². The van der Waals surface area contributed by atoms with Crippen molar-refractivity contribution < 1.29 is 19.5 Å². The van der Waals surface area contributed by atoms with Crippen molar-refractivity contribution in [3.05, 3.63) is 53.6 Å². The Bertz CT molecular complexity index is 916. The second-order valence-corrected chi connectivity index (χ2v) is 7.02. The Hall–Kier alpha value is -3.35. The average molecular weight is 395 g/mol. The number of carboxylic acids is 1. The number of hydrogen-bond acceptors (Lipinski definition) is 5. The van der Waals surface area contributed by atoms with Gasteiger partial charge in [0.2, 0.25) is 5.91 Å². The molecule has 29 heavy (non-hydrogen) atoms. The lowest BCUT2D eigenvalue weighted by Crippen LogP contribution is -2.47. The number of carbonyl (C=O) groups is 3. The van der Waals surface area contributed by atoms with Crippen molar-refractivity contribution in [2.75, 3.05) is 41.3 Å². The minimum absolute atomic E-state index is 0.0427. The first-order valence-corrected chi connectivity index (χ1v) is 9.67. The van der Waals surface area contributed by atoms with Gasteiger partial charge in [0, 0.05) is 49.5 Å². The number of nitrogens with zero attached hydrogens (tertiary/aromatic N) is 2. The zero-order valence-electron chi connectivity index (χ0n) is 16.6. The fraction of sp³-hybridized carbons (Fsp3) is 0.318. The van der Waals surface area contributed by atoms with Gasteiger partial charge in [-0.1, -0.05) is 6.92 Å². The van der Waals surface area contributed by atoms with Crippen molar-refractivity contribution in [2.45, 2.75) is 20.3 Å². The van der Waals surface area contributed by atoms with Crippen LogP contribution >= 0.6 is 0 Å². The second kappa shape index (κ2) is 8.77. The van der Waals surface area contributed by atoms with Gasteiger partial charge in [-0.3, -0.25) is 9.59 Å². The molecule has 0 aliphatic carbocycles. The lowest BCUT2D eigenvalue weighted by molar-refractivity contribution is -0.115. The van der Waals surface area contributed by atoms with Gasteiger partial charge in [0.05, 0.1) is 11.3 Å². The molecule has 0 atom stereocenters. The number of rotatable bonds is 6. The molecule has 1 aliphatic heterocycles. The maximum atomic E-state index is 11.8. The van der Waals surface area contributed by atoms with Crippen molar-refractivity contribution in [1.82, 2.24) is 0 Å². The molecule has 1 saturated heterocycles. The number of benzene rings is 2. The predicted molar refractivity (Wildman–Crippen MR) is 113 cm³/mol. The van der Waals surface area contributed by atoms with E-state index in [9.17, 15) is 19.5 Å². The van der Waals surface area contributed by atoms with Gasteiger partial charge in [0.15, 0.2) is 5.78 Å². The molecule has 0 unspecified atom stereocenters. The Morgan fingerprint density at radius 3 is 2.14 bits per heavy atom. The molecule has 1 aliphatic rings. The molecule has 7 heteroatoms. The van der Waals surface area contributed by atoms with Crippen LogP contribution in [0.4, 0.5) is 17.1 Å². The monoisotopic (exact) mass is 395 g/mol. The van der Waals surface area contributed by atoms with Crippen LogP contribution in [0.25, 0.3) is 0 Å². The average Bonchev–Trinajstić information content (AvgIpc) is 2.73. The van der Waals surface area contributed by atoms with Gasteiger partial charge in [0.1, 0.15) is 0 Å². The molecule has 0 radical (unpaired) electrons. The number of aromatic carboxylic acids is 1. The number of carbonyl (C=O) groups excluding carboxylic acids is 2. The third-order valence-corrected chi connectivity index (χ3v) is 5.09. The summed E-state index contributed by atoms with van der Waals surface area (Å²) in [7, 11) is 0. The summed E-state index contributed by atoms with van der Waals surface area (Å²) < 4.78 is 0. The van der Waals surface area contributed by atoms with Gasteiger partial charge < -0.3 is 20.2 Å². The van der Waals surface area contributed by atoms with Crippen molar-refractivity contribution in [2.24, 2.45) is 0 Å². The fourth-order valence-electron chi connectivity index (χ4n) is 3.42. The molecule has 2 N–H and O–H groups in total. The van der Waals surface area contributed by atoms with Crippen LogP contribution < -0.4 is 15.1 Å². The van der Waals surface area contributed by atoms with Crippen molar-refractivity contribution >= 4 is 34.7 Å². The Morgan fingerprint density at radius 1 is 0.966 bits per heavy atom. The molecular formula is C22H25N3O4. The molecule has 0 bridgehead atoms. The maximum absolute atomic E-state index is 11.8. The highest BCUT2D eigenvalue weighted by Gasteiger charge is 2.22. The summed E-state index contributed by atoms with van der Waals surface area (Å²) >= 11 is 0. The molecule has 1 heterocycles. The number of carboxylic acid groups (broad SMARTS) is 1. The molecular weight excluding hydrogens is 370 g/mol. The van der Waals surface area contributed by atoms with Crippen LogP contribution in [0.2, 0.25) is 0 Å². The quantitative estimate of drug-likeness (QED) is 0.730. The van der Waals surface area contributed by atoms with E-state index in [0.717, 1.165) is 18.8 Å². The molecule has 3 rings (SSSR count). The largest absolute Gasteiger partial charge is 0.478 e. The Kier molecular flexibility index (Phi) is 6.16. The normalized spacial score (nSPS) is 13.9. The third kappa shape index (κ3) is 4.74. The Balaban J connectivity index is 1.72. The lowest BCUT2D eigenvalue weighted by atomic mass is 10.1. The number of amides is 1. The Morgan fingerprint density at radius 2 is 1.59 bits per heavy atom. The number of piperazine rings is 1. The van der Waals surface area contributed by atoms with E-state index in [2.05, 4.69) is 15.1 Å². The van der Waals surface area contributed by atoms with Crippen LogP contribution in [0.1, 0.15) is 41.0 Å². The minimum Gasteiger partial charge on any atom is -0.478 e. The second-order valence-electron chi connectivity index (χ2n) is 7.02. The van der Waals surface area contributed by atoms with E-state index < -0.39 is 5.97 Å². The van der Waals surface area contributed by atoms with Gasteiger partial charge in [-0.05, 0) is 49.4 Å². The van der Waals surface area contributed by atoms with Gasteiger partial charge in [-0.15, -0.1) is 0 Å². The van der Waals surface area contributed by atoms with Crippen LogP contribution in [0.15, 0.2) is 42.5 Å². The minimum atomic E-state index is -1.02. The molecule has 1 fully saturated rings. The summed E-state index contributed by atoms with van der Waals surface area (Å²) in [4.78, 5) is 39.1. The summed E-state index contributed by atoms with van der Waals surface area (Å²) in [5.41, 5.74) is 3.05. The van der Waals surface area contributed by atoms with E-state index in [1.165, 1.54) is 6.07 Å². The Labute approximate surface area is 169 Å². The van der Waals surface area contributed by atoms with Gasteiger partial charge in [-0.25, -0.2) is 4.79 Å². The third-order valence-electron chi connectivity index (χ3n) is 5.09. The van der Waals surface area contributed by atoms with E-state index >= 15 is 0 Å². The molecule has 2 aromatic rings. The molecule has 2 aromatic carbocycles. The number of hydrogen-bond donors (Lipinski definition) is 2. The van der Waals surface area contributed by atoms with Crippen LogP contribution in [0.3, 0.4) is 0 Å². The van der Waals surface area contributed by atoms with Crippen LogP contribution in [0, 0.1) is 0 Å². The number of nitrogens with one attached hydrogen (secondary N) is 1. The van der Waals surface area contributed by atoms with Crippen LogP contribution in [-0.2, 0) is 4.79 Å². The van der Waals surface area contributed by atoms with Crippen LogP contribution in [-0.4, -0.2) is 48.9 Å². The highest BCUT2D eigenvalue weighted by Crippen LogP contribution is 2.27. The SMILES string of the molecule is CCC(=O)Nc1ccc(N2CCN(c3ccc(C(C)=O)cc3)CC2)c(C(=O)O)c1. The molecule has 152 valence electrons. The zero-order chi connectivity index (χ0) is 21.0. The predicted octanol–water partition coefficient (Wildman–Crippen LogP) is 3.26. The fourth-order valence-corrected chi connectivity index (χ4v) is 3.42. The zero-order valence-corrected chi connectivity index (χ0v) is 16.6. The molecule has 1 amide bonds. The summed E-state index contributed by atoms with van der Waals surface area (Å²) in [5.74, 6) is -1.13. The standard InChI is InChI=1S/C22H25N3O4/c1-3-21(27)23-17-6-9-20(19(14-17)22(28)29)25-12-10-24(11-13-25)18-7-4-16(5-8-18)15(2)26/h4-9,14H,3,10-13H2,1-2H3,(H,23,27)(H,28,29). The summed E-state index contributed by atoms with van der Waals surface area (Å²) in [6.07, 6.45) is 0.333. The van der Waals surface area contributed by atoms with E-state index in [4.69, 9.17) is 0 Å². The van der Waals surface area contributed by atoms with Gasteiger partial charge in [-0.2, -0.15) is 0 Å². The van der Waals surface area contributed by atoms with Gasteiger partial charge in [0.25, 0.3) is 0 Å². The number of anilines is 3. The summed E-state index contributed by atoms with van der Waals surface area (Å²) in [6, 6.07) is 12.6. The number of Topliss-reactive ketones (excluding diaryl/α,β-unsaturated/α-hetero) is 1. The van der Waals surface area contributed by atoms with E-state index in [0.29, 0.717) is 36.4 Å². The highest BCUT2D eigenvalue weighted by molar-refractivity contribution is 5.98. The van der Waals surface area contributed by atoms with E-state index in [1.54, 1.807) is 26.0 Å². The summed E-state index contributed by atoms with van der Waals surface area (Å²) in [6.45, 7) is 6.13. The molecule has 7 nitrogen and oxygen atoms in total. The first-order chi connectivity index (χ1) is 13.9. The smallest absolute Gasteiger partial charge is 0.337 e. The first-order valence-electron chi connectivity index (χ1n) is 9.67. The maximum Gasteiger partial charge on any atom is 0.337 e. The molecule has 0 spiro atoms. The summed E-state index contributed by atoms with van der Waals surface area (Å²) in [5, 5.41) is 12.3. The number of ketones is 1. The van der Waals surface area contributed by atoms with Gasteiger partial charge >= 0.3 is 5.97 Å². The molecule has 0 saturated carbocycles. The first kappa shape index (κ1) is 20.4. The lowest BCUT2D eigenvalue weighted by Gasteiger charge is -2.38.